The Labute approximate surface area is 209 Å². The molecule has 0 atom stereocenters. The lowest BCUT2D eigenvalue weighted by atomic mass is 10.1. The van der Waals surface area contributed by atoms with Crippen LogP contribution in [0.25, 0.3) is 22.3 Å². The van der Waals surface area contributed by atoms with Gasteiger partial charge >= 0.3 is 0 Å². The lowest BCUT2D eigenvalue weighted by molar-refractivity contribution is -0.384. The number of nitrogens with zero attached hydrogens (tertiary/aromatic N) is 1. The summed E-state index contributed by atoms with van der Waals surface area (Å²) in [5, 5.41) is 17.3. The number of hydrogen-bond donors (Lipinski definition) is 2. The summed E-state index contributed by atoms with van der Waals surface area (Å²) in [5.74, 6) is -0.178. The highest BCUT2D eigenvalue weighted by atomic mass is 16.6. The van der Waals surface area contributed by atoms with E-state index in [0.717, 1.165) is 5.39 Å². The first-order valence-corrected chi connectivity index (χ1v) is 11.1. The Morgan fingerprint density at radius 2 is 1.65 bits per heavy atom. The third-order valence-corrected chi connectivity index (χ3v) is 5.53. The second kappa shape index (κ2) is 9.70. The molecule has 0 bridgehead atoms. The SMILES string of the molecule is COc1cc(NC(=O)c2ccc(-c3cccc([N+](=O)[O-])c3)o2)ccc1NC(=O)c1cc2ccccc2o1. The summed E-state index contributed by atoms with van der Waals surface area (Å²) in [4.78, 5) is 35.9. The Morgan fingerprint density at radius 1 is 0.838 bits per heavy atom. The first-order chi connectivity index (χ1) is 17.9. The highest BCUT2D eigenvalue weighted by Gasteiger charge is 2.17. The predicted octanol–water partition coefficient (Wildman–Crippen LogP) is 6.11. The number of methoxy groups -OCH3 is 1. The van der Waals surface area contributed by atoms with Crippen LogP contribution in [0.15, 0.2) is 93.8 Å². The fourth-order valence-corrected chi connectivity index (χ4v) is 3.73. The first-order valence-electron chi connectivity index (χ1n) is 11.1. The number of nitro groups is 1. The number of benzene rings is 3. The Balaban J connectivity index is 1.29. The average Bonchev–Trinajstić information content (AvgIpc) is 3.57. The molecule has 0 unspecified atom stereocenters. The number of nitrogens with one attached hydrogen (secondary N) is 2. The van der Waals surface area contributed by atoms with Gasteiger partial charge in [-0.15, -0.1) is 0 Å². The van der Waals surface area contributed by atoms with E-state index in [1.807, 2.05) is 18.2 Å². The number of fused-ring (bicyclic) bond motifs is 1. The van der Waals surface area contributed by atoms with Crippen molar-refractivity contribution in [2.24, 2.45) is 0 Å². The molecular weight excluding hydrogens is 478 g/mol. The van der Waals surface area contributed by atoms with E-state index < -0.39 is 16.7 Å². The van der Waals surface area contributed by atoms with Crippen LogP contribution in [-0.4, -0.2) is 23.8 Å². The average molecular weight is 497 g/mol. The number of nitro benzene ring substituents is 1. The van der Waals surface area contributed by atoms with Crippen molar-refractivity contribution in [1.29, 1.82) is 0 Å². The zero-order valence-corrected chi connectivity index (χ0v) is 19.4. The largest absolute Gasteiger partial charge is 0.494 e. The van der Waals surface area contributed by atoms with Crippen LogP contribution >= 0.6 is 0 Å². The minimum Gasteiger partial charge on any atom is -0.494 e. The topological polar surface area (TPSA) is 137 Å². The predicted molar refractivity (Wildman–Crippen MR) is 136 cm³/mol. The van der Waals surface area contributed by atoms with Gasteiger partial charge in [0.1, 0.15) is 17.1 Å². The normalized spacial score (nSPS) is 10.7. The van der Waals surface area contributed by atoms with Crippen LogP contribution in [0.5, 0.6) is 5.75 Å². The smallest absolute Gasteiger partial charge is 0.291 e. The molecule has 2 amide bonds. The lowest BCUT2D eigenvalue weighted by Gasteiger charge is -2.11. The van der Waals surface area contributed by atoms with Gasteiger partial charge < -0.3 is 24.2 Å². The van der Waals surface area contributed by atoms with Gasteiger partial charge in [0.05, 0.1) is 17.7 Å². The molecule has 2 heterocycles. The summed E-state index contributed by atoms with van der Waals surface area (Å²) >= 11 is 0. The van der Waals surface area contributed by atoms with Gasteiger partial charge in [0.15, 0.2) is 11.5 Å². The van der Waals surface area contributed by atoms with Crippen LogP contribution in [0.2, 0.25) is 0 Å². The highest BCUT2D eigenvalue weighted by Crippen LogP contribution is 2.30. The van der Waals surface area contributed by atoms with Crippen LogP contribution in [0.4, 0.5) is 17.1 Å². The molecule has 0 aliphatic rings. The standard InChI is InChI=1S/C27H19N3O7/c1-35-24-15-18(9-10-20(24)29-27(32)25-14-17-5-2-3-8-21(17)37-25)28-26(31)23-12-11-22(36-23)16-6-4-7-19(13-16)30(33)34/h2-15H,1H3,(H,28,31)(H,29,32). The summed E-state index contributed by atoms with van der Waals surface area (Å²) in [7, 11) is 1.44. The molecule has 0 saturated carbocycles. The maximum absolute atomic E-state index is 12.7. The fraction of sp³-hybridized carbons (Fsp3) is 0.0370. The number of anilines is 2. The number of hydrogen-bond acceptors (Lipinski definition) is 7. The van der Waals surface area contributed by atoms with Crippen LogP contribution in [0.3, 0.4) is 0 Å². The second-order valence-electron chi connectivity index (χ2n) is 7.94. The Morgan fingerprint density at radius 3 is 2.43 bits per heavy atom. The summed E-state index contributed by atoms with van der Waals surface area (Å²) in [6.07, 6.45) is 0. The summed E-state index contributed by atoms with van der Waals surface area (Å²) in [5.41, 5.74) is 1.78. The number of para-hydroxylation sites is 1. The van der Waals surface area contributed by atoms with E-state index in [1.165, 1.54) is 31.4 Å². The quantitative estimate of drug-likeness (QED) is 0.204. The Kier molecular flexibility index (Phi) is 6.13. The molecule has 5 rings (SSSR count). The minimum atomic E-state index is -0.530. The van der Waals surface area contributed by atoms with Crippen LogP contribution < -0.4 is 15.4 Å². The first kappa shape index (κ1) is 23.4. The number of ether oxygens (including phenoxy) is 1. The third kappa shape index (κ3) is 4.89. The fourth-order valence-electron chi connectivity index (χ4n) is 3.73. The van der Waals surface area contributed by atoms with E-state index in [9.17, 15) is 19.7 Å². The van der Waals surface area contributed by atoms with Gasteiger partial charge in [-0.2, -0.15) is 0 Å². The van der Waals surface area contributed by atoms with Gasteiger partial charge in [-0.1, -0.05) is 30.3 Å². The van der Waals surface area contributed by atoms with Gasteiger partial charge in [-0.05, 0) is 36.4 Å². The molecule has 10 nitrogen and oxygen atoms in total. The second-order valence-corrected chi connectivity index (χ2v) is 7.94. The van der Waals surface area contributed by atoms with Crippen molar-refractivity contribution in [3.8, 4) is 17.1 Å². The molecule has 0 spiro atoms. The minimum absolute atomic E-state index is 0.0164. The molecule has 0 fully saturated rings. The number of amides is 2. The molecule has 2 aromatic heterocycles. The van der Waals surface area contributed by atoms with E-state index in [2.05, 4.69) is 10.6 Å². The van der Waals surface area contributed by atoms with Gasteiger partial charge in [-0.25, -0.2) is 0 Å². The lowest BCUT2D eigenvalue weighted by Crippen LogP contribution is -2.13. The molecule has 10 heteroatoms. The number of carbonyl (C=O) groups excluding carboxylic acids is 2. The number of furan rings is 2. The molecule has 5 aromatic rings. The Bertz CT molecular complexity index is 1620. The zero-order valence-electron chi connectivity index (χ0n) is 19.4. The number of carbonyl (C=O) groups is 2. The van der Waals surface area contributed by atoms with Crippen molar-refractivity contribution in [2.75, 3.05) is 17.7 Å². The molecule has 0 saturated heterocycles. The van der Waals surface area contributed by atoms with Crippen LogP contribution in [-0.2, 0) is 0 Å². The number of non-ortho nitro benzene ring substituents is 1. The molecule has 37 heavy (non-hydrogen) atoms. The maximum atomic E-state index is 12.7. The zero-order chi connectivity index (χ0) is 25.9. The van der Waals surface area contributed by atoms with Crippen molar-refractivity contribution < 1.29 is 28.1 Å². The van der Waals surface area contributed by atoms with E-state index in [1.54, 1.807) is 42.5 Å². The molecule has 184 valence electrons. The molecule has 3 aromatic carbocycles. The monoisotopic (exact) mass is 497 g/mol. The van der Waals surface area contributed by atoms with Crippen molar-refractivity contribution in [2.45, 2.75) is 0 Å². The van der Waals surface area contributed by atoms with Crippen molar-refractivity contribution in [1.82, 2.24) is 0 Å². The molecule has 0 radical (unpaired) electrons. The molecule has 0 aliphatic carbocycles. The highest BCUT2D eigenvalue weighted by molar-refractivity contribution is 6.06. The molecule has 0 aliphatic heterocycles. The van der Waals surface area contributed by atoms with Gasteiger partial charge in [0.2, 0.25) is 0 Å². The van der Waals surface area contributed by atoms with Gasteiger partial charge in [0, 0.05) is 34.8 Å². The summed E-state index contributed by atoms with van der Waals surface area (Å²) in [6.45, 7) is 0. The Hall–Kier alpha value is -5.38. The molecular formula is C27H19N3O7. The molecule has 2 N–H and O–H groups in total. The van der Waals surface area contributed by atoms with E-state index >= 15 is 0 Å². The van der Waals surface area contributed by atoms with Gasteiger partial charge in [0.25, 0.3) is 17.5 Å². The van der Waals surface area contributed by atoms with Crippen molar-refractivity contribution in [3.05, 3.63) is 107 Å². The number of rotatable bonds is 7. The van der Waals surface area contributed by atoms with Crippen molar-refractivity contribution >= 4 is 39.8 Å². The summed E-state index contributed by atoms with van der Waals surface area (Å²) in [6, 6.07) is 22.6. The van der Waals surface area contributed by atoms with Gasteiger partial charge in [-0.3, -0.25) is 19.7 Å². The summed E-state index contributed by atoms with van der Waals surface area (Å²) < 4.78 is 16.6. The van der Waals surface area contributed by atoms with E-state index in [-0.39, 0.29) is 17.2 Å². The van der Waals surface area contributed by atoms with Crippen LogP contribution in [0.1, 0.15) is 21.1 Å². The van der Waals surface area contributed by atoms with Crippen LogP contribution in [0, 0.1) is 10.1 Å². The third-order valence-electron chi connectivity index (χ3n) is 5.53. The van der Waals surface area contributed by atoms with E-state index in [0.29, 0.717) is 34.0 Å². The van der Waals surface area contributed by atoms with Crippen molar-refractivity contribution in [3.63, 3.8) is 0 Å². The van der Waals surface area contributed by atoms with E-state index in [4.69, 9.17) is 13.6 Å². The maximum Gasteiger partial charge on any atom is 0.291 e.